The molecule has 0 spiro atoms. The Kier molecular flexibility index (Phi) is 43.8. The van der Waals surface area contributed by atoms with Gasteiger partial charge in [0.05, 0.1) is 19.8 Å². The van der Waals surface area contributed by atoms with Crippen molar-refractivity contribution >= 4 is 114 Å². The minimum atomic E-state index is -0.588. The molecule has 0 fully saturated rings. The molecule has 0 saturated heterocycles. The van der Waals surface area contributed by atoms with Gasteiger partial charge in [0.15, 0.2) is 0 Å². The van der Waals surface area contributed by atoms with Crippen molar-refractivity contribution in [3.63, 3.8) is 0 Å². The molecule has 83 heavy (non-hydrogen) atoms. The smallest absolute Gasteiger partial charge is 0.410 e. The predicted molar refractivity (Wildman–Crippen MR) is 355 cm³/mol. The summed E-state index contributed by atoms with van der Waals surface area (Å²) >= 11 is 9.83. The Morgan fingerprint density at radius 2 is 1.02 bits per heavy atom. The van der Waals surface area contributed by atoms with Crippen LogP contribution in [0, 0.1) is 16.5 Å². The van der Waals surface area contributed by atoms with E-state index in [0.717, 1.165) is 24.0 Å². The first-order valence-electron chi connectivity index (χ1n) is 26.1. The average molecular weight is 1560 g/mol. The van der Waals surface area contributed by atoms with Crippen molar-refractivity contribution in [1.29, 1.82) is 0 Å². The summed E-state index contributed by atoms with van der Waals surface area (Å²) in [6.07, 6.45) is 6.52. The Bertz CT molecular complexity index is 2450. The maximum atomic E-state index is 12.4. The van der Waals surface area contributed by atoms with Gasteiger partial charge in [0.1, 0.15) is 58.8 Å². The molecule has 5 N–H and O–H groups in total. The largest absolute Gasteiger partial charge is 0.508 e. The van der Waals surface area contributed by atoms with Crippen LogP contribution in [0.15, 0.2) is 121 Å². The second-order valence-electron chi connectivity index (χ2n) is 20.4. The number of nitrogens with one attached hydrogen (secondary N) is 1. The monoisotopic (exact) mass is 1560 g/mol. The summed E-state index contributed by atoms with van der Waals surface area (Å²) in [5.74, 6) is 2.01. The standard InChI is InChI=1S/C19H27IN2O4.C14H19IO3.C8H10FNO.C7H15NO3.C6H10BrNO.C6H5IO/c1-19(2,3)26-18(24)22(12-6-7-17(23)21(4)5)13-14-25-16-10-8-15(20)9-11-16;1-14(2,3)18-13(16)5-4-10-17-12-8-6-11(15)7-9-12;9-7-1-3-8(4-2-7)11-6-5-10;1-7(2,3)11-6(10)8-4-5-9;1-8(2)6(9)4-3-5-7;7-5-1-3-6(8)4-2-5/h6-11H,12-14H2,1-5H3;6-9H,4-5,10H2,1-3H3;1-4H,5-6,10H2;9H,4-5H2,1-3H3,(H,8,10);3-4H,5H2,1-2H3;1-4,8H/b7-6+;;;;4-3+;. The highest BCUT2D eigenvalue weighted by molar-refractivity contribution is 14.1. The molecule has 4 aromatic rings. The number of nitrogens with zero attached hydrogens (tertiary/aromatic N) is 3. The molecular formula is C60H86BrFI3N5O13. The van der Waals surface area contributed by atoms with Gasteiger partial charge in [-0.1, -0.05) is 28.1 Å². The van der Waals surface area contributed by atoms with Crippen molar-refractivity contribution in [2.45, 2.75) is 92.0 Å². The minimum Gasteiger partial charge on any atom is -0.508 e. The zero-order valence-electron chi connectivity index (χ0n) is 50.0. The van der Waals surface area contributed by atoms with Crippen molar-refractivity contribution in [2.75, 3.05) is 86.1 Å². The molecule has 0 atom stereocenters. The fraction of sp³-hybridized carbons (Fsp3) is 0.450. The summed E-state index contributed by atoms with van der Waals surface area (Å²) in [4.78, 5) is 61.4. The van der Waals surface area contributed by atoms with Gasteiger partial charge in [0.2, 0.25) is 11.8 Å². The number of rotatable bonds is 19. The molecule has 4 amide bonds. The lowest BCUT2D eigenvalue weighted by Gasteiger charge is -2.26. The normalized spacial score (nSPS) is 10.7. The second-order valence-corrected chi connectivity index (χ2v) is 24.7. The lowest BCUT2D eigenvalue weighted by atomic mass is 10.2. The van der Waals surface area contributed by atoms with Crippen molar-refractivity contribution in [1.82, 2.24) is 20.0 Å². The number of ether oxygens (including phenoxy) is 6. The lowest BCUT2D eigenvalue weighted by molar-refractivity contribution is -0.155. The Morgan fingerprint density at radius 1 is 0.614 bits per heavy atom. The van der Waals surface area contributed by atoms with Gasteiger partial charge in [-0.15, -0.1) is 0 Å². The molecular weight excluding hydrogens is 1480 g/mol. The SMILES string of the molecule is CC(C)(C)OC(=O)CCCOc1ccc(I)cc1.CC(C)(C)OC(=O)NCCO.CN(C)C(=O)/C=C/CBr.CN(C)C(=O)/C=C/CN(CCOc1ccc(I)cc1)C(=O)OC(C)(C)C.NCCOc1ccc(F)cc1.Oc1ccc(I)cc1. The second kappa shape index (κ2) is 45.4. The average Bonchev–Trinajstić information content (AvgIpc) is 3.40. The number of carbonyl (C=O) groups is 5. The van der Waals surface area contributed by atoms with Crippen LogP contribution < -0.4 is 25.3 Å². The van der Waals surface area contributed by atoms with E-state index in [4.69, 9.17) is 44.4 Å². The van der Waals surface area contributed by atoms with Crippen LogP contribution in [0.4, 0.5) is 14.0 Å². The number of likely N-dealkylation sites (N-methyl/N-ethyl adjacent to an activating group) is 2. The fourth-order valence-corrected chi connectivity index (χ4v) is 6.33. The maximum Gasteiger partial charge on any atom is 0.410 e. The molecule has 4 aromatic carbocycles. The number of phenols is 1. The molecule has 0 aromatic heterocycles. The number of amides is 4. The number of alkyl carbamates (subject to hydrolysis) is 1. The molecule has 0 saturated carbocycles. The molecule has 0 aliphatic rings. The summed E-state index contributed by atoms with van der Waals surface area (Å²) in [5.41, 5.74) is 3.74. The first kappa shape index (κ1) is 80.1. The van der Waals surface area contributed by atoms with Crippen LogP contribution in [0.25, 0.3) is 0 Å². The number of nitrogens with two attached hydrogens (primary N) is 1. The van der Waals surface area contributed by atoms with Crippen LogP contribution in [-0.2, 0) is 28.6 Å². The zero-order chi connectivity index (χ0) is 63.6. The summed E-state index contributed by atoms with van der Waals surface area (Å²) in [5, 5.41) is 20.2. The van der Waals surface area contributed by atoms with Gasteiger partial charge in [-0.05, 0) is 240 Å². The van der Waals surface area contributed by atoms with Crippen LogP contribution in [0.3, 0.4) is 0 Å². The molecule has 0 heterocycles. The van der Waals surface area contributed by atoms with Gasteiger partial charge in [0, 0.05) is 76.4 Å². The number of phenolic OH excluding ortho intramolecular Hbond substituents is 1. The number of hydrogen-bond acceptors (Lipinski definition) is 14. The van der Waals surface area contributed by atoms with Gasteiger partial charge in [-0.3, -0.25) is 14.4 Å². The van der Waals surface area contributed by atoms with Gasteiger partial charge < -0.3 is 64.4 Å². The minimum absolute atomic E-state index is 0.0226. The van der Waals surface area contributed by atoms with Gasteiger partial charge >= 0.3 is 18.2 Å². The highest BCUT2D eigenvalue weighted by Gasteiger charge is 2.22. The number of hydrogen-bond donors (Lipinski definition) is 4. The van der Waals surface area contributed by atoms with E-state index in [-0.39, 0.29) is 43.3 Å². The third-order valence-electron chi connectivity index (χ3n) is 8.75. The molecule has 0 aliphatic heterocycles. The van der Waals surface area contributed by atoms with Gasteiger partial charge in [0.25, 0.3) is 0 Å². The lowest BCUT2D eigenvalue weighted by Crippen LogP contribution is -2.39. The van der Waals surface area contributed by atoms with Crippen LogP contribution in [0.5, 0.6) is 23.0 Å². The third-order valence-corrected chi connectivity index (χ3v) is 11.3. The highest BCUT2D eigenvalue weighted by atomic mass is 127. The first-order chi connectivity index (χ1) is 38.7. The molecule has 464 valence electrons. The molecule has 23 heteroatoms. The van der Waals surface area contributed by atoms with Crippen molar-refractivity contribution in [2.24, 2.45) is 5.73 Å². The Morgan fingerprint density at radius 3 is 1.42 bits per heavy atom. The maximum absolute atomic E-state index is 12.4. The predicted octanol–water partition coefficient (Wildman–Crippen LogP) is 12.0. The van der Waals surface area contributed by atoms with Crippen LogP contribution >= 0.6 is 83.7 Å². The number of benzene rings is 4. The number of halogens is 5. The molecule has 0 unspecified atom stereocenters. The molecule has 4 rings (SSSR count). The first-order valence-corrected chi connectivity index (χ1v) is 30.4. The Hall–Kier alpha value is -4.97. The third kappa shape index (κ3) is 50.1. The number of esters is 1. The van der Waals surface area contributed by atoms with E-state index < -0.39 is 29.0 Å². The summed E-state index contributed by atoms with van der Waals surface area (Å²) in [7, 11) is 6.79. The van der Waals surface area contributed by atoms with E-state index in [1.807, 2.05) is 102 Å². The summed E-state index contributed by atoms with van der Waals surface area (Å²) in [6, 6.07) is 28.4. The Labute approximate surface area is 540 Å². The number of allylic oxidation sites excluding steroid dienone is 1. The molecule has 0 aliphatic carbocycles. The number of aliphatic hydroxyl groups is 1. The zero-order valence-corrected chi connectivity index (χ0v) is 58.1. The number of aromatic hydroxyl groups is 1. The van der Waals surface area contributed by atoms with E-state index in [1.54, 1.807) is 85.4 Å². The number of aliphatic hydroxyl groups excluding tert-OH is 1. The molecule has 0 radical (unpaired) electrons. The topological polar surface area (TPSA) is 229 Å². The molecule has 18 nitrogen and oxygen atoms in total. The number of alkyl halides is 1. The van der Waals surface area contributed by atoms with Gasteiger partial charge in [-0.2, -0.15) is 0 Å². The van der Waals surface area contributed by atoms with E-state index in [9.17, 15) is 28.4 Å². The van der Waals surface area contributed by atoms with Crippen LogP contribution in [-0.4, -0.2) is 158 Å². The van der Waals surface area contributed by atoms with E-state index in [0.29, 0.717) is 57.3 Å². The van der Waals surface area contributed by atoms with Crippen molar-refractivity contribution in [3.05, 3.63) is 138 Å². The van der Waals surface area contributed by atoms with E-state index in [2.05, 4.69) is 89.0 Å². The summed E-state index contributed by atoms with van der Waals surface area (Å²) < 4.78 is 47.6. The highest BCUT2D eigenvalue weighted by Crippen LogP contribution is 2.17. The van der Waals surface area contributed by atoms with E-state index >= 15 is 0 Å². The quantitative estimate of drug-likeness (QED) is 0.0171. The van der Waals surface area contributed by atoms with Crippen LogP contribution in [0.2, 0.25) is 0 Å². The van der Waals surface area contributed by atoms with Gasteiger partial charge in [-0.25, -0.2) is 14.0 Å². The fourth-order valence-electron chi connectivity index (χ4n) is 5.06. The van der Waals surface area contributed by atoms with Crippen molar-refractivity contribution in [3.8, 4) is 23.0 Å². The summed E-state index contributed by atoms with van der Waals surface area (Å²) in [6.45, 7) is 19.0. The van der Waals surface area contributed by atoms with E-state index in [1.165, 1.54) is 42.6 Å². The van der Waals surface area contributed by atoms with Crippen molar-refractivity contribution < 1.29 is 67.0 Å². The Balaban J connectivity index is 0. The van der Waals surface area contributed by atoms with Crippen LogP contribution in [0.1, 0.15) is 75.2 Å². The molecule has 0 bridgehead atoms. The number of carbonyl (C=O) groups excluding carboxylic acids is 5.